The van der Waals surface area contributed by atoms with Crippen LogP contribution in [0, 0.1) is 0 Å². The van der Waals surface area contributed by atoms with Gasteiger partial charge >= 0.3 is 0 Å². The Morgan fingerprint density at radius 3 is 2.78 bits per heavy atom. The van der Waals surface area contributed by atoms with E-state index in [1.165, 1.54) is 24.2 Å². The van der Waals surface area contributed by atoms with Crippen molar-refractivity contribution in [3.05, 3.63) is 60.4 Å². The molecule has 0 bridgehead atoms. The second-order valence-corrected chi connectivity index (χ2v) is 6.19. The lowest BCUT2D eigenvalue weighted by Crippen LogP contribution is -2.08. The maximum absolute atomic E-state index is 5.14. The van der Waals surface area contributed by atoms with Gasteiger partial charge in [0.05, 0.1) is 24.3 Å². The molecule has 1 unspecified atom stereocenters. The quantitative estimate of drug-likeness (QED) is 0.762. The molecule has 0 spiro atoms. The first kappa shape index (κ1) is 14.1. The zero-order valence-electron chi connectivity index (χ0n) is 13.3. The first-order valence-corrected chi connectivity index (χ1v) is 8.25. The van der Waals surface area contributed by atoms with Gasteiger partial charge in [-0.15, -0.1) is 0 Å². The van der Waals surface area contributed by atoms with Gasteiger partial charge in [0.15, 0.2) is 0 Å². The SMILES string of the molecule is CC(Nc1ccc(-c2cn3c(n2)CCCC3)cc1)c1ccoc1. The summed E-state index contributed by atoms with van der Waals surface area (Å²) in [4.78, 5) is 4.78. The summed E-state index contributed by atoms with van der Waals surface area (Å²) in [6, 6.07) is 10.7. The van der Waals surface area contributed by atoms with E-state index in [9.17, 15) is 0 Å². The monoisotopic (exact) mass is 307 g/mol. The highest BCUT2D eigenvalue weighted by atomic mass is 16.3. The molecule has 1 aliphatic heterocycles. The molecule has 4 nitrogen and oxygen atoms in total. The molecule has 0 amide bonds. The van der Waals surface area contributed by atoms with E-state index in [4.69, 9.17) is 9.40 Å². The molecule has 3 heterocycles. The zero-order chi connectivity index (χ0) is 15.6. The van der Waals surface area contributed by atoms with Crippen molar-refractivity contribution in [1.29, 1.82) is 0 Å². The van der Waals surface area contributed by atoms with Crippen molar-refractivity contribution in [1.82, 2.24) is 9.55 Å². The summed E-state index contributed by atoms with van der Waals surface area (Å²) in [5.74, 6) is 1.22. The molecule has 0 fully saturated rings. The summed E-state index contributed by atoms with van der Waals surface area (Å²) < 4.78 is 7.44. The van der Waals surface area contributed by atoms with Gasteiger partial charge in [-0.2, -0.15) is 0 Å². The summed E-state index contributed by atoms with van der Waals surface area (Å²) in [7, 11) is 0. The molecule has 4 rings (SSSR count). The molecule has 2 aromatic heterocycles. The standard InChI is InChI=1S/C19H21N3O/c1-14(16-9-11-23-13-16)20-17-7-5-15(6-8-17)18-12-22-10-3-2-4-19(22)21-18/h5-9,11-14,20H,2-4,10H2,1H3. The Hall–Kier alpha value is -2.49. The predicted molar refractivity (Wildman–Crippen MR) is 91.3 cm³/mol. The first-order valence-electron chi connectivity index (χ1n) is 8.25. The third-order valence-corrected chi connectivity index (χ3v) is 4.52. The molecule has 0 saturated heterocycles. The number of rotatable bonds is 4. The zero-order valence-corrected chi connectivity index (χ0v) is 13.3. The number of hydrogen-bond donors (Lipinski definition) is 1. The van der Waals surface area contributed by atoms with Gasteiger partial charge in [-0.05, 0) is 38.0 Å². The van der Waals surface area contributed by atoms with Crippen molar-refractivity contribution in [2.45, 2.75) is 38.8 Å². The van der Waals surface area contributed by atoms with E-state index in [0.717, 1.165) is 29.9 Å². The highest BCUT2D eigenvalue weighted by molar-refractivity contribution is 5.62. The number of hydrogen-bond acceptors (Lipinski definition) is 3. The maximum atomic E-state index is 5.14. The van der Waals surface area contributed by atoms with Crippen LogP contribution >= 0.6 is 0 Å². The molecule has 118 valence electrons. The van der Waals surface area contributed by atoms with Crippen molar-refractivity contribution < 1.29 is 4.42 Å². The lowest BCUT2D eigenvalue weighted by Gasteiger charge is -2.13. The van der Waals surface area contributed by atoms with Crippen LogP contribution in [-0.4, -0.2) is 9.55 Å². The number of nitrogens with zero attached hydrogens (tertiary/aromatic N) is 2. The van der Waals surface area contributed by atoms with Crippen LogP contribution in [0.25, 0.3) is 11.3 Å². The molecule has 4 heteroatoms. The van der Waals surface area contributed by atoms with Crippen LogP contribution in [0.15, 0.2) is 53.5 Å². The number of nitrogens with one attached hydrogen (secondary N) is 1. The van der Waals surface area contributed by atoms with E-state index in [0.29, 0.717) is 0 Å². The van der Waals surface area contributed by atoms with E-state index < -0.39 is 0 Å². The van der Waals surface area contributed by atoms with Crippen molar-refractivity contribution in [2.24, 2.45) is 0 Å². The third-order valence-electron chi connectivity index (χ3n) is 4.52. The van der Waals surface area contributed by atoms with Gasteiger partial charge in [0.1, 0.15) is 5.82 Å². The molecule has 1 aliphatic rings. The second kappa shape index (κ2) is 5.95. The number of furan rings is 1. The molecule has 1 N–H and O–H groups in total. The van der Waals surface area contributed by atoms with E-state index >= 15 is 0 Å². The van der Waals surface area contributed by atoms with Gasteiger partial charge in [0, 0.05) is 36.0 Å². The summed E-state index contributed by atoms with van der Waals surface area (Å²) in [6.07, 6.45) is 9.29. The number of aryl methyl sites for hydroxylation is 2. The minimum atomic E-state index is 0.222. The highest BCUT2D eigenvalue weighted by Crippen LogP contribution is 2.25. The average Bonchev–Trinajstić information content (AvgIpc) is 3.25. The molecular weight excluding hydrogens is 286 g/mol. The van der Waals surface area contributed by atoms with Crippen LogP contribution in [0.1, 0.15) is 37.2 Å². The van der Waals surface area contributed by atoms with Gasteiger partial charge in [-0.1, -0.05) is 12.1 Å². The predicted octanol–water partition coefficient (Wildman–Crippen LogP) is 4.65. The molecule has 1 aromatic carbocycles. The van der Waals surface area contributed by atoms with Crippen LogP contribution in [0.2, 0.25) is 0 Å². The minimum Gasteiger partial charge on any atom is -0.472 e. The highest BCUT2D eigenvalue weighted by Gasteiger charge is 2.13. The van der Waals surface area contributed by atoms with Crippen molar-refractivity contribution >= 4 is 5.69 Å². The number of anilines is 1. The number of benzene rings is 1. The van der Waals surface area contributed by atoms with Crippen LogP contribution in [-0.2, 0) is 13.0 Å². The third kappa shape index (κ3) is 2.89. The summed E-state index contributed by atoms with van der Waals surface area (Å²) in [5.41, 5.74) is 4.51. The Morgan fingerprint density at radius 1 is 1.17 bits per heavy atom. The number of imidazole rings is 1. The number of fused-ring (bicyclic) bond motifs is 1. The fraction of sp³-hybridized carbons (Fsp3) is 0.316. The number of aromatic nitrogens is 2. The van der Waals surface area contributed by atoms with E-state index in [2.05, 4.69) is 47.3 Å². The van der Waals surface area contributed by atoms with E-state index in [1.807, 2.05) is 6.07 Å². The van der Waals surface area contributed by atoms with Crippen molar-refractivity contribution in [3.63, 3.8) is 0 Å². The molecule has 23 heavy (non-hydrogen) atoms. The largest absolute Gasteiger partial charge is 0.472 e. The van der Waals surface area contributed by atoms with Crippen LogP contribution in [0.3, 0.4) is 0 Å². The fourth-order valence-corrected chi connectivity index (χ4v) is 3.14. The first-order chi connectivity index (χ1) is 11.3. The molecule has 1 atom stereocenters. The van der Waals surface area contributed by atoms with Gasteiger partial charge in [0.25, 0.3) is 0 Å². The molecular formula is C19H21N3O. The summed E-state index contributed by atoms with van der Waals surface area (Å²) in [6.45, 7) is 3.23. The van der Waals surface area contributed by atoms with Crippen LogP contribution < -0.4 is 5.32 Å². The lowest BCUT2D eigenvalue weighted by molar-refractivity contribution is 0.522. The van der Waals surface area contributed by atoms with E-state index in [-0.39, 0.29) is 6.04 Å². The Morgan fingerprint density at radius 2 is 2.04 bits per heavy atom. The van der Waals surface area contributed by atoms with E-state index in [1.54, 1.807) is 12.5 Å². The lowest BCUT2D eigenvalue weighted by atomic mass is 10.1. The maximum Gasteiger partial charge on any atom is 0.109 e. The van der Waals surface area contributed by atoms with Crippen LogP contribution in [0.4, 0.5) is 5.69 Å². The van der Waals surface area contributed by atoms with Crippen LogP contribution in [0.5, 0.6) is 0 Å². The van der Waals surface area contributed by atoms with Gasteiger partial charge in [-0.25, -0.2) is 4.98 Å². The van der Waals surface area contributed by atoms with Crippen molar-refractivity contribution in [2.75, 3.05) is 5.32 Å². The smallest absolute Gasteiger partial charge is 0.109 e. The summed E-state index contributed by atoms with van der Waals surface area (Å²) >= 11 is 0. The molecule has 3 aromatic rings. The van der Waals surface area contributed by atoms with Crippen molar-refractivity contribution in [3.8, 4) is 11.3 Å². The molecule has 0 aliphatic carbocycles. The Bertz CT molecular complexity index is 748. The summed E-state index contributed by atoms with van der Waals surface area (Å²) in [5, 5.41) is 3.49. The minimum absolute atomic E-state index is 0.222. The molecule has 0 radical (unpaired) electrons. The second-order valence-electron chi connectivity index (χ2n) is 6.19. The Kier molecular flexibility index (Phi) is 3.66. The van der Waals surface area contributed by atoms with Gasteiger partial charge in [-0.3, -0.25) is 0 Å². The van der Waals surface area contributed by atoms with Gasteiger partial charge in [0.2, 0.25) is 0 Å². The average molecular weight is 307 g/mol. The Labute approximate surface area is 136 Å². The normalized spacial score (nSPS) is 15.2. The molecule has 0 saturated carbocycles. The fourth-order valence-electron chi connectivity index (χ4n) is 3.14. The topological polar surface area (TPSA) is 43.0 Å². The Balaban J connectivity index is 1.50. The van der Waals surface area contributed by atoms with Gasteiger partial charge < -0.3 is 14.3 Å².